The van der Waals surface area contributed by atoms with Crippen LogP contribution < -0.4 is 4.74 Å². The third-order valence-corrected chi connectivity index (χ3v) is 3.23. The molecule has 2 rings (SSSR count). The molecule has 0 amide bonds. The summed E-state index contributed by atoms with van der Waals surface area (Å²) in [6.07, 6.45) is 0.698. The Morgan fingerprint density at radius 2 is 1.67 bits per heavy atom. The van der Waals surface area contributed by atoms with Gasteiger partial charge in [-0.15, -0.1) is 0 Å². The molecule has 0 aliphatic rings. The van der Waals surface area contributed by atoms with Gasteiger partial charge >= 0.3 is 10.5 Å². The zero-order valence-electron chi connectivity index (χ0n) is 10.2. The van der Waals surface area contributed by atoms with Crippen molar-refractivity contribution < 1.29 is 17.9 Å². The van der Waals surface area contributed by atoms with Crippen molar-refractivity contribution in [1.82, 2.24) is 4.98 Å². The van der Waals surface area contributed by atoms with Crippen LogP contribution in [-0.2, 0) is 5.92 Å². The first kappa shape index (κ1) is 16.2. The third-order valence-electron chi connectivity index (χ3n) is 2.48. The van der Waals surface area contributed by atoms with E-state index in [1.54, 1.807) is 30.3 Å². The van der Waals surface area contributed by atoms with Gasteiger partial charge in [0.25, 0.3) is 0 Å². The molecule has 0 saturated heterocycles. The minimum Gasteiger partial charge on any atom is -0.438 e. The van der Waals surface area contributed by atoms with E-state index in [1.165, 1.54) is 0 Å². The van der Waals surface area contributed by atoms with Gasteiger partial charge in [-0.25, -0.2) is 9.37 Å². The number of para-hydroxylation sites is 1. The van der Waals surface area contributed by atoms with Crippen LogP contribution in [0.1, 0.15) is 5.56 Å². The first-order valence-corrected chi connectivity index (χ1v) is 6.68. The summed E-state index contributed by atoms with van der Waals surface area (Å²) in [6, 6.07) is 9.25. The van der Waals surface area contributed by atoms with Crippen molar-refractivity contribution in [3.63, 3.8) is 0 Å². The molecule has 0 atom stereocenters. The Balaban J connectivity index is 2.30. The fraction of sp³-hybridized carbons (Fsp3) is 0.154. The van der Waals surface area contributed by atoms with E-state index in [0.717, 1.165) is 6.07 Å². The molecule has 0 N–H and O–H groups in total. The molecule has 21 heavy (non-hydrogen) atoms. The molecule has 0 aliphatic heterocycles. The standard InChI is InChI=1S/C13H7Cl3F3NO/c14-10-6-8(12(17,18)13(15,16)19)7-20-11(10)21-9-4-2-1-3-5-9/h1-7H. The largest absolute Gasteiger partial charge is 0.438 e. The topological polar surface area (TPSA) is 22.1 Å². The van der Waals surface area contributed by atoms with Crippen molar-refractivity contribution in [1.29, 1.82) is 0 Å². The summed E-state index contributed by atoms with van der Waals surface area (Å²) in [6.45, 7) is 0. The highest BCUT2D eigenvalue weighted by molar-refractivity contribution is 6.47. The lowest BCUT2D eigenvalue weighted by Crippen LogP contribution is -2.31. The molecule has 0 bridgehead atoms. The second-order valence-electron chi connectivity index (χ2n) is 4.00. The van der Waals surface area contributed by atoms with Crippen molar-refractivity contribution in [2.45, 2.75) is 10.5 Å². The van der Waals surface area contributed by atoms with Crippen molar-refractivity contribution in [2.24, 2.45) is 0 Å². The quantitative estimate of drug-likeness (QED) is 0.654. The predicted molar refractivity (Wildman–Crippen MR) is 75.2 cm³/mol. The van der Waals surface area contributed by atoms with E-state index in [2.05, 4.69) is 4.98 Å². The second kappa shape index (κ2) is 5.91. The Hall–Kier alpha value is -1.17. The number of rotatable bonds is 4. The molecular formula is C13H7Cl3F3NO. The SMILES string of the molecule is FC(Cl)(Cl)C(F)(F)c1cnc(Oc2ccccc2)c(Cl)c1. The van der Waals surface area contributed by atoms with Gasteiger partial charge in [0.15, 0.2) is 0 Å². The van der Waals surface area contributed by atoms with E-state index < -0.39 is 16.1 Å². The van der Waals surface area contributed by atoms with Crippen LogP contribution in [0.25, 0.3) is 0 Å². The van der Waals surface area contributed by atoms with Gasteiger partial charge in [-0.05, 0) is 18.2 Å². The van der Waals surface area contributed by atoms with Gasteiger partial charge in [0, 0.05) is 11.8 Å². The smallest absolute Gasteiger partial charge is 0.336 e. The summed E-state index contributed by atoms with van der Waals surface area (Å²) in [7, 11) is 0. The van der Waals surface area contributed by atoms with E-state index in [-0.39, 0.29) is 10.9 Å². The predicted octanol–water partition coefficient (Wildman–Crippen LogP) is 5.72. The maximum Gasteiger partial charge on any atom is 0.336 e. The van der Waals surface area contributed by atoms with Gasteiger partial charge in [-0.3, -0.25) is 0 Å². The van der Waals surface area contributed by atoms with Crippen molar-refractivity contribution >= 4 is 34.8 Å². The Kier molecular flexibility index (Phi) is 4.56. The van der Waals surface area contributed by atoms with Gasteiger partial charge < -0.3 is 4.74 Å². The molecule has 0 aliphatic carbocycles. The number of ether oxygens (including phenoxy) is 1. The van der Waals surface area contributed by atoms with Crippen LogP contribution in [0.3, 0.4) is 0 Å². The number of hydrogen-bond donors (Lipinski definition) is 0. The van der Waals surface area contributed by atoms with Crippen molar-refractivity contribution in [3.8, 4) is 11.6 Å². The fourth-order valence-electron chi connectivity index (χ4n) is 1.44. The molecule has 2 aromatic rings. The Morgan fingerprint density at radius 1 is 1.05 bits per heavy atom. The van der Waals surface area contributed by atoms with E-state index in [9.17, 15) is 13.2 Å². The molecule has 8 heteroatoms. The lowest BCUT2D eigenvalue weighted by Gasteiger charge is -2.22. The molecule has 2 nitrogen and oxygen atoms in total. The maximum atomic E-state index is 13.6. The van der Waals surface area contributed by atoms with E-state index in [1.807, 2.05) is 0 Å². The summed E-state index contributed by atoms with van der Waals surface area (Å²) in [5.41, 5.74) is -0.861. The number of pyridine rings is 1. The highest BCUT2D eigenvalue weighted by Gasteiger charge is 2.54. The Morgan fingerprint density at radius 3 is 2.19 bits per heavy atom. The zero-order chi connectivity index (χ0) is 15.7. The fourth-order valence-corrected chi connectivity index (χ4v) is 1.86. The van der Waals surface area contributed by atoms with E-state index in [4.69, 9.17) is 39.5 Å². The molecule has 112 valence electrons. The van der Waals surface area contributed by atoms with Gasteiger partial charge in [0.1, 0.15) is 10.8 Å². The number of benzene rings is 1. The number of alkyl halides is 5. The molecule has 0 spiro atoms. The highest BCUT2D eigenvalue weighted by atomic mass is 35.5. The first-order chi connectivity index (χ1) is 9.72. The highest BCUT2D eigenvalue weighted by Crippen LogP contribution is 2.48. The van der Waals surface area contributed by atoms with Crippen molar-refractivity contribution in [2.75, 3.05) is 0 Å². The summed E-state index contributed by atoms with van der Waals surface area (Å²) >= 11 is 15.5. The summed E-state index contributed by atoms with van der Waals surface area (Å²) < 4.78 is 41.9. The van der Waals surface area contributed by atoms with Gasteiger partial charge in [0.2, 0.25) is 5.88 Å². The second-order valence-corrected chi connectivity index (χ2v) is 5.64. The molecule has 0 saturated carbocycles. The average molecular weight is 357 g/mol. The van der Waals surface area contributed by atoms with Crippen LogP contribution >= 0.6 is 34.8 Å². The summed E-state index contributed by atoms with van der Waals surface area (Å²) in [5, 5.41) is -0.228. The van der Waals surface area contributed by atoms with Crippen LogP contribution in [-0.4, -0.2) is 9.57 Å². The number of nitrogens with zero attached hydrogens (tertiary/aromatic N) is 1. The van der Waals surface area contributed by atoms with Crippen LogP contribution in [0.15, 0.2) is 42.6 Å². The molecule has 1 aromatic heterocycles. The lowest BCUT2D eigenvalue weighted by atomic mass is 10.1. The van der Waals surface area contributed by atoms with E-state index in [0.29, 0.717) is 11.9 Å². The van der Waals surface area contributed by atoms with Crippen LogP contribution in [0.2, 0.25) is 5.02 Å². The van der Waals surface area contributed by atoms with Crippen molar-refractivity contribution in [3.05, 3.63) is 53.2 Å². The molecule has 0 unspecified atom stereocenters. The first-order valence-electron chi connectivity index (χ1n) is 5.55. The average Bonchev–Trinajstić information content (AvgIpc) is 2.41. The normalized spacial score (nSPS) is 12.3. The molecular weight excluding hydrogens is 350 g/mol. The molecule has 0 radical (unpaired) electrons. The van der Waals surface area contributed by atoms with Crippen LogP contribution in [0.5, 0.6) is 11.6 Å². The minimum absolute atomic E-state index is 0.101. The number of hydrogen-bond acceptors (Lipinski definition) is 2. The van der Waals surface area contributed by atoms with Gasteiger partial charge in [0.05, 0.1) is 0 Å². The molecule has 1 heterocycles. The monoisotopic (exact) mass is 355 g/mol. The van der Waals surface area contributed by atoms with Gasteiger partial charge in [-0.1, -0.05) is 53.0 Å². The zero-order valence-corrected chi connectivity index (χ0v) is 12.4. The van der Waals surface area contributed by atoms with Crippen LogP contribution in [0.4, 0.5) is 13.2 Å². The molecule has 1 aromatic carbocycles. The van der Waals surface area contributed by atoms with E-state index >= 15 is 0 Å². The Bertz CT molecular complexity index is 632. The summed E-state index contributed by atoms with van der Waals surface area (Å²) in [5.74, 6) is -3.85. The number of halogens is 6. The lowest BCUT2D eigenvalue weighted by molar-refractivity contribution is -0.0653. The third kappa shape index (κ3) is 3.54. The van der Waals surface area contributed by atoms with Gasteiger partial charge in [-0.2, -0.15) is 8.78 Å². The Labute approximate surface area is 133 Å². The number of aromatic nitrogens is 1. The molecule has 0 fully saturated rings. The minimum atomic E-state index is -4.17. The summed E-state index contributed by atoms with van der Waals surface area (Å²) in [4.78, 5) is 3.64. The van der Waals surface area contributed by atoms with Crippen LogP contribution in [0, 0.1) is 0 Å². The maximum absolute atomic E-state index is 13.6.